The van der Waals surface area contributed by atoms with Gasteiger partial charge in [0.25, 0.3) is 5.91 Å². The van der Waals surface area contributed by atoms with Crippen molar-refractivity contribution < 1.29 is 9.59 Å². The van der Waals surface area contributed by atoms with E-state index in [0.717, 1.165) is 23.7 Å². The van der Waals surface area contributed by atoms with Crippen molar-refractivity contribution in [1.29, 1.82) is 0 Å². The fourth-order valence-corrected chi connectivity index (χ4v) is 4.39. The number of amides is 2. The van der Waals surface area contributed by atoms with Gasteiger partial charge in [-0.2, -0.15) is 0 Å². The number of carbonyl (C=O) groups is 2. The Morgan fingerprint density at radius 1 is 1.11 bits per heavy atom. The number of hydrogen-bond acceptors (Lipinski definition) is 4. The number of rotatable bonds is 3. The number of anilines is 3. The zero-order valence-electron chi connectivity index (χ0n) is 15.3. The van der Waals surface area contributed by atoms with E-state index < -0.39 is 0 Å². The molecule has 6 heteroatoms. The van der Waals surface area contributed by atoms with Crippen LogP contribution >= 0.6 is 11.8 Å². The van der Waals surface area contributed by atoms with Gasteiger partial charge in [0.2, 0.25) is 5.91 Å². The highest BCUT2D eigenvalue weighted by Gasteiger charge is 2.23. The summed E-state index contributed by atoms with van der Waals surface area (Å²) in [7, 11) is 0. The Balaban J connectivity index is 1.44. The average Bonchev–Trinajstić information content (AvgIpc) is 2.70. The Morgan fingerprint density at radius 2 is 1.85 bits per heavy atom. The summed E-state index contributed by atoms with van der Waals surface area (Å²) in [5.41, 5.74) is 3.21. The molecule has 0 spiro atoms. The molecule has 0 aromatic heterocycles. The maximum Gasteiger partial charge on any atom is 0.255 e. The van der Waals surface area contributed by atoms with Crippen molar-refractivity contribution in [2.45, 2.75) is 36.3 Å². The van der Waals surface area contributed by atoms with Gasteiger partial charge in [-0.05, 0) is 68.7 Å². The third kappa shape index (κ3) is 3.95. The Bertz CT molecular complexity index is 860. The van der Waals surface area contributed by atoms with Crippen LogP contribution in [-0.4, -0.2) is 30.2 Å². The Labute approximate surface area is 163 Å². The first-order chi connectivity index (χ1) is 13.1. The predicted molar refractivity (Wildman–Crippen MR) is 111 cm³/mol. The molecule has 27 heavy (non-hydrogen) atoms. The van der Waals surface area contributed by atoms with Crippen molar-refractivity contribution in [3.8, 4) is 0 Å². The molecule has 2 N–H and O–H groups in total. The maximum absolute atomic E-state index is 12.6. The van der Waals surface area contributed by atoms with Crippen molar-refractivity contribution in [2.24, 2.45) is 0 Å². The minimum Gasteiger partial charge on any atom is -0.372 e. The molecule has 2 heterocycles. The van der Waals surface area contributed by atoms with Crippen molar-refractivity contribution in [2.75, 3.05) is 28.6 Å². The molecule has 1 fully saturated rings. The standard InChI is InChI=1S/C21H23N3O2S/c1-14-20(25)23-18-13-15(5-10-19(18)27-14)21(26)22-16-6-8-17(9-7-16)24-11-3-2-4-12-24/h5-10,13-14H,2-4,11-12H2,1H3,(H,22,26)(H,23,25). The van der Waals surface area contributed by atoms with Gasteiger partial charge in [0.1, 0.15) is 0 Å². The van der Waals surface area contributed by atoms with Gasteiger partial charge in [-0.15, -0.1) is 11.8 Å². The van der Waals surface area contributed by atoms with E-state index in [2.05, 4.69) is 27.7 Å². The number of piperidine rings is 1. The first-order valence-corrected chi connectivity index (χ1v) is 10.3. The summed E-state index contributed by atoms with van der Waals surface area (Å²) in [6.45, 7) is 4.07. The van der Waals surface area contributed by atoms with Crippen LogP contribution < -0.4 is 15.5 Å². The van der Waals surface area contributed by atoms with Crippen LogP contribution in [0.25, 0.3) is 0 Å². The van der Waals surface area contributed by atoms with Gasteiger partial charge in [-0.25, -0.2) is 0 Å². The van der Waals surface area contributed by atoms with Gasteiger partial charge < -0.3 is 15.5 Å². The number of hydrogen-bond donors (Lipinski definition) is 2. The topological polar surface area (TPSA) is 61.4 Å². The van der Waals surface area contributed by atoms with Gasteiger partial charge in [0.15, 0.2) is 0 Å². The highest BCUT2D eigenvalue weighted by atomic mass is 32.2. The summed E-state index contributed by atoms with van der Waals surface area (Å²) in [6.07, 6.45) is 3.79. The van der Waals surface area contributed by atoms with E-state index in [-0.39, 0.29) is 17.1 Å². The molecule has 0 radical (unpaired) electrons. The SMILES string of the molecule is CC1Sc2ccc(C(=O)Nc3ccc(N4CCCCC4)cc3)cc2NC1=O. The van der Waals surface area contributed by atoms with E-state index in [1.54, 1.807) is 12.1 Å². The Hall–Kier alpha value is -2.47. The van der Waals surface area contributed by atoms with E-state index in [1.807, 2.05) is 25.1 Å². The lowest BCUT2D eigenvalue weighted by Crippen LogP contribution is -2.29. The van der Waals surface area contributed by atoms with E-state index in [0.29, 0.717) is 11.3 Å². The molecule has 4 rings (SSSR count). The van der Waals surface area contributed by atoms with Crippen LogP contribution in [0.5, 0.6) is 0 Å². The zero-order chi connectivity index (χ0) is 18.8. The van der Waals surface area contributed by atoms with Crippen LogP contribution in [0.3, 0.4) is 0 Å². The van der Waals surface area contributed by atoms with Gasteiger partial charge >= 0.3 is 0 Å². The monoisotopic (exact) mass is 381 g/mol. The third-order valence-electron chi connectivity index (χ3n) is 5.02. The number of nitrogens with zero attached hydrogens (tertiary/aromatic N) is 1. The fraction of sp³-hybridized carbons (Fsp3) is 0.333. The van der Waals surface area contributed by atoms with E-state index >= 15 is 0 Å². The quantitative estimate of drug-likeness (QED) is 0.829. The van der Waals surface area contributed by atoms with Crippen LogP contribution in [0.15, 0.2) is 47.4 Å². The van der Waals surface area contributed by atoms with E-state index in [9.17, 15) is 9.59 Å². The summed E-state index contributed by atoms with van der Waals surface area (Å²) in [5.74, 6) is -0.209. The molecule has 1 atom stereocenters. The number of benzene rings is 2. The van der Waals surface area contributed by atoms with Crippen molar-refractivity contribution in [3.63, 3.8) is 0 Å². The second-order valence-electron chi connectivity index (χ2n) is 7.01. The van der Waals surface area contributed by atoms with Crippen molar-refractivity contribution >= 4 is 40.6 Å². The summed E-state index contributed by atoms with van der Waals surface area (Å²) in [6, 6.07) is 13.4. The van der Waals surface area contributed by atoms with Crippen molar-refractivity contribution in [3.05, 3.63) is 48.0 Å². The lowest BCUT2D eigenvalue weighted by atomic mass is 10.1. The summed E-state index contributed by atoms with van der Waals surface area (Å²) >= 11 is 1.51. The van der Waals surface area contributed by atoms with Gasteiger partial charge in [0.05, 0.1) is 10.9 Å². The molecular weight excluding hydrogens is 358 g/mol. The molecule has 0 aliphatic carbocycles. The molecule has 0 saturated carbocycles. The second kappa shape index (κ2) is 7.64. The molecule has 140 valence electrons. The predicted octanol–water partition coefficient (Wildman–Crippen LogP) is 4.36. The normalized spacial score (nSPS) is 19.2. The zero-order valence-corrected chi connectivity index (χ0v) is 16.1. The first kappa shape index (κ1) is 17.9. The molecule has 1 saturated heterocycles. The molecule has 5 nitrogen and oxygen atoms in total. The molecule has 2 aliphatic heterocycles. The second-order valence-corrected chi connectivity index (χ2v) is 8.39. The number of thioether (sulfide) groups is 1. The number of fused-ring (bicyclic) bond motifs is 1. The minimum atomic E-state index is -0.179. The maximum atomic E-state index is 12.6. The highest BCUT2D eigenvalue weighted by molar-refractivity contribution is 8.00. The molecule has 0 bridgehead atoms. The van der Waals surface area contributed by atoms with Crippen LogP contribution in [0.2, 0.25) is 0 Å². The van der Waals surface area contributed by atoms with Gasteiger partial charge in [0, 0.05) is 34.9 Å². The number of carbonyl (C=O) groups excluding carboxylic acids is 2. The van der Waals surface area contributed by atoms with Crippen LogP contribution in [0.1, 0.15) is 36.5 Å². The summed E-state index contributed by atoms with van der Waals surface area (Å²) in [4.78, 5) is 27.8. The van der Waals surface area contributed by atoms with Gasteiger partial charge in [-0.1, -0.05) is 0 Å². The van der Waals surface area contributed by atoms with Crippen LogP contribution in [-0.2, 0) is 4.79 Å². The first-order valence-electron chi connectivity index (χ1n) is 9.38. The minimum absolute atomic E-state index is 0.0293. The molecule has 2 aromatic carbocycles. The van der Waals surface area contributed by atoms with Crippen LogP contribution in [0, 0.1) is 0 Å². The Morgan fingerprint density at radius 3 is 2.59 bits per heavy atom. The Kier molecular flexibility index (Phi) is 5.07. The van der Waals surface area contributed by atoms with Crippen molar-refractivity contribution in [1.82, 2.24) is 0 Å². The molecule has 1 unspecified atom stereocenters. The molecule has 2 aliphatic rings. The smallest absolute Gasteiger partial charge is 0.255 e. The summed E-state index contributed by atoms with van der Waals surface area (Å²) < 4.78 is 0. The third-order valence-corrected chi connectivity index (χ3v) is 6.20. The van der Waals surface area contributed by atoms with E-state index in [4.69, 9.17) is 0 Å². The largest absolute Gasteiger partial charge is 0.372 e. The lowest BCUT2D eigenvalue weighted by molar-refractivity contribution is -0.115. The lowest BCUT2D eigenvalue weighted by Gasteiger charge is -2.28. The van der Waals surface area contributed by atoms with Crippen LogP contribution in [0.4, 0.5) is 17.1 Å². The fourth-order valence-electron chi connectivity index (χ4n) is 3.46. The average molecular weight is 382 g/mol. The summed E-state index contributed by atoms with van der Waals surface area (Å²) in [5, 5.41) is 5.69. The molecular formula is C21H23N3O2S. The highest BCUT2D eigenvalue weighted by Crippen LogP contribution is 2.36. The van der Waals surface area contributed by atoms with Gasteiger partial charge in [-0.3, -0.25) is 9.59 Å². The molecule has 2 aromatic rings. The molecule has 2 amide bonds. The van der Waals surface area contributed by atoms with E-state index in [1.165, 1.54) is 36.7 Å². The number of nitrogens with one attached hydrogen (secondary N) is 2.